The molecule has 124 valence electrons. The van der Waals surface area contributed by atoms with E-state index in [4.69, 9.17) is 4.74 Å². The van der Waals surface area contributed by atoms with E-state index in [1.807, 2.05) is 36.4 Å². The van der Waals surface area contributed by atoms with Gasteiger partial charge in [0, 0.05) is 5.56 Å². The van der Waals surface area contributed by atoms with Gasteiger partial charge >= 0.3 is 5.97 Å². The van der Waals surface area contributed by atoms with Gasteiger partial charge in [-0.05, 0) is 41.8 Å². The van der Waals surface area contributed by atoms with Crippen molar-refractivity contribution >= 4 is 22.5 Å². The van der Waals surface area contributed by atoms with Gasteiger partial charge in [-0.2, -0.15) is 0 Å². The van der Waals surface area contributed by atoms with E-state index in [0.717, 1.165) is 30.0 Å². The van der Waals surface area contributed by atoms with Crippen LogP contribution in [0.25, 0.3) is 10.8 Å². The summed E-state index contributed by atoms with van der Waals surface area (Å²) in [6.45, 7) is 5.73. The molecule has 0 saturated heterocycles. The first-order chi connectivity index (χ1) is 11.6. The van der Waals surface area contributed by atoms with E-state index in [2.05, 4.69) is 13.5 Å². The smallest absolute Gasteiger partial charge is 0.319 e. The number of hydrogen-bond donors (Lipinski definition) is 0. The zero-order chi connectivity index (χ0) is 17.4. The van der Waals surface area contributed by atoms with Gasteiger partial charge in [-0.1, -0.05) is 56.3 Å². The summed E-state index contributed by atoms with van der Waals surface area (Å²) in [6, 6.07) is 13.2. The Balaban J connectivity index is 2.00. The van der Waals surface area contributed by atoms with Crippen molar-refractivity contribution in [2.45, 2.75) is 32.6 Å². The lowest BCUT2D eigenvalue weighted by Crippen LogP contribution is -2.11. The van der Waals surface area contributed by atoms with Crippen molar-refractivity contribution in [3.63, 3.8) is 0 Å². The second-order valence-corrected chi connectivity index (χ2v) is 5.59. The lowest BCUT2D eigenvalue weighted by molar-refractivity contribution is -0.137. The Morgan fingerprint density at radius 3 is 2.58 bits per heavy atom. The van der Waals surface area contributed by atoms with Crippen LogP contribution in [0.2, 0.25) is 0 Å². The van der Waals surface area contributed by atoms with Gasteiger partial charge in [-0.3, -0.25) is 9.59 Å². The molecule has 2 aromatic rings. The third-order valence-corrected chi connectivity index (χ3v) is 3.71. The zero-order valence-electron chi connectivity index (χ0n) is 14.0. The van der Waals surface area contributed by atoms with E-state index in [0.29, 0.717) is 11.3 Å². The summed E-state index contributed by atoms with van der Waals surface area (Å²) >= 11 is 0. The molecule has 0 aliphatic heterocycles. The molecule has 24 heavy (non-hydrogen) atoms. The molecular weight excluding hydrogens is 300 g/mol. The van der Waals surface area contributed by atoms with Gasteiger partial charge in [0.05, 0.1) is 0 Å². The summed E-state index contributed by atoms with van der Waals surface area (Å²) in [5.41, 5.74) is 0.515. The number of Topliss-reactive ketones (excluding diaryl/α,β-unsaturated/α-hetero) is 1. The van der Waals surface area contributed by atoms with Crippen molar-refractivity contribution in [2.24, 2.45) is 0 Å². The summed E-state index contributed by atoms with van der Waals surface area (Å²) in [7, 11) is 0. The number of unbranched alkanes of at least 4 members (excludes halogenated alkanes) is 2. The van der Waals surface area contributed by atoms with Gasteiger partial charge in [0.15, 0.2) is 5.78 Å². The first kappa shape index (κ1) is 17.7. The summed E-state index contributed by atoms with van der Waals surface area (Å²) in [5, 5.41) is 2.03. The van der Waals surface area contributed by atoms with Crippen LogP contribution in [0, 0.1) is 0 Å². The molecule has 3 nitrogen and oxygen atoms in total. The number of allylic oxidation sites excluding steroid dienone is 2. The van der Waals surface area contributed by atoms with Crippen LogP contribution in [0.15, 0.2) is 67.0 Å². The van der Waals surface area contributed by atoms with E-state index < -0.39 is 5.97 Å². The summed E-state index contributed by atoms with van der Waals surface area (Å²) in [6.07, 6.45) is 5.95. The third-order valence-electron chi connectivity index (χ3n) is 3.71. The minimum atomic E-state index is -0.559. The molecule has 0 aliphatic carbocycles. The highest BCUT2D eigenvalue weighted by molar-refractivity contribution is 6.07. The molecule has 0 aliphatic rings. The number of rotatable bonds is 8. The predicted molar refractivity (Wildman–Crippen MR) is 96.8 cm³/mol. The van der Waals surface area contributed by atoms with Gasteiger partial charge in [-0.25, -0.2) is 0 Å². The standard InChI is InChI=1S/C21H22O3/c1-3-5-6-11-19(4-2)24-21(23)15-20(22)18-13-12-16-9-7-8-10-17(16)14-18/h4,7-14H,2-3,5-6,15H2,1H3. The monoisotopic (exact) mass is 322 g/mol. The van der Waals surface area contributed by atoms with Crippen LogP contribution in [0.1, 0.15) is 43.0 Å². The van der Waals surface area contributed by atoms with Gasteiger partial charge in [0.25, 0.3) is 0 Å². The van der Waals surface area contributed by atoms with E-state index in [1.165, 1.54) is 6.08 Å². The quantitative estimate of drug-likeness (QED) is 0.167. The minimum absolute atomic E-state index is 0.247. The predicted octanol–water partition coefficient (Wildman–Crippen LogP) is 5.22. The number of hydrogen-bond acceptors (Lipinski definition) is 3. The van der Waals surface area contributed by atoms with Gasteiger partial charge in [0.1, 0.15) is 12.2 Å². The normalized spacial score (nSPS) is 11.3. The second kappa shape index (κ2) is 8.82. The van der Waals surface area contributed by atoms with Crippen molar-refractivity contribution in [1.82, 2.24) is 0 Å². The fourth-order valence-electron chi connectivity index (χ4n) is 2.38. The molecule has 0 amide bonds. The molecule has 0 saturated carbocycles. The van der Waals surface area contributed by atoms with Crippen molar-refractivity contribution in [3.05, 3.63) is 72.5 Å². The largest absolute Gasteiger partial charge is 0.427 e. The van der Waals surface area contributed by atoms with Crippen LogP contribution in [0.5, 0.6) is 0 Å². The average Bonchev–Trinajstić information content (AvgIpc) is 2.60. The van der Waals surface area contributed by atoms with E-state index in [9.17, 15) is 9.59 Å². The molecule has 0 radical (unpaired) electrons. The molecule has 0 N–H and O–H groups in total. The maximum Gasteiger partial charge on any atom is 0.319 e. The fraction of sp³-hybridized carbons (Fsp3) is 0.238. The Hall–Kier alpha value is -2.68. The third kappa shape index (κ3) is 4.92. The molecule has 2 aromatic carbocycles. The number of fused-ring (bicyclic) bond motifs is 1. The lowest BCUT2D eigenvalue weighted by Gasteiger charge is -2.06. The first-order valence-corrected chi connectivity index (χ1v) is 8.19. The van der Waals surface area contributed by atoms with Crippen LogP contribution < -0.4 is 0 Å². The Labute approximate surface area is 142 Å². The number of ether oxygens (including phenoxy) is 1. The number of ketones is 1. The van der Waals surface area contributed by atoms with Crippen LogP contribution in [0.3, 0.4) is 0 Å². The van der Waals surface area contributed by atoms with Gasteiger partial charge < -0.3 is 4.74 Å². The van der Waals surface area contributed by atoms with E-state index in [1.54, 1.807) is 12.1 Å². The Bertz CT molecular complexity index is 772. The fourth-order valence-corrected chi connectivity index (χ4v) is 2.38. The van der Waals surface area contributed by atoms with Crippen LogP contribution in [0.4, 0.5) is 0 Å². The van der Waals surface area contributed by atoms with Crippen LogP contribution in [-0.2, 0) is 9.53 Å². The maximum absolute atomic E-state index is 12.3. The molecule has 3 heteroatoms. The molecule has 0 aromatic heterocycles. The molecule has 2 rings (SSSR count). The molecule has 0 spiro atoms. The van der Waals surface area contributed by atoms with Gasteiger partial charge in [-0.15, -0.1) is 0 Å². The number of carbonyl (C=O) groups excluding carboxylic acids is 2. The molecule has 0 fully saturated rings. The number of esters is 1. The lowest BCUT2D eigenvalue weighted by atomic mass is 10.0. The van der Waals surface area contributed by atoms with Gasteiger partial charge in [0.2, 0.25) is 0 Å². The topological polar surface area (TPSA) is 43.4 Å². The molecule has 0 unspecified atom stereocenters. The summed E-state index contributed by atoms with van der Waals surface area (Å²) in [5.74, 6) is -0.390. The highest BCUT2D eigenvalue weighted by Crippen LogP contribution is 2.17. The minimum Gasteiger partial charge on any atom is -0.427 e. The van der Waals surface area contributed by atoms with Crippen molar-refractivity contribution < 1.29 is 14.3 Å². The summed E-state index contributed by atoms with van der Waals surface area (Å²) < 4.78 is 5.21. The molecule has 0 heterocycles. The first-order valence-electron chi connectivity index (χ1n) is 8.19. The van der Waals surface area contributed by atoms with Crippen molar-refractivity contribution in [3.8, 4) is 0 Å². The Kier molecular flexibility index (Phi) is 6.50. The number of carbonyl (C=O) groups is 2. The SMILES string of the molecule is C=CC(=CCCCC)OC(=O)CC(=O)c1ccc2ccccc2c1. The van der Waals surface area contributed by atoms with Crippen LogP contribution in [-0.4, -0.2) is 11.8 Å². The average molecular weight is 322 g/mol. The highest BCUT2D eigenvalue weighted by Gasteiger charge is 2.14. The Morgan fingerprint density at radius 2 is 1.88 bits per heavy atom. The zero-order valence-corrected chi connectivity index (χ0v) is 14.0. The maximum atomic E-state index is 12.3. The van der Waals surface area contributed by atoms with E-state index >= 15 is 0 Å². The number of benzene rings is 2. The second-order valence-electron chi connectivity index (χ2n) is 5.59. The molecule has 0 bridgehead atoms. The summed E-state index contributed by atoms with van der Waals surface area (Å²) in [4.78, 5) is 24.2. The molecular formula is C21H22O3. The van der Waals surface area contributed by atoms with Crippen molar-refractivity contribution in [1.29, 1.82) is 0 Å². The van der Waals surface area contributed by atoms with E-state index in [-0.39, 0.29) is 12.2 Å². The Morgan fingerprint density at radius 1 is 1.12 bits per heavy atom. The van der Waals surface area contributed by atoms with Crippen LogP contribution >= 0.6 is 0 Å². The molecule has 0 atom stereocenters. The van der Waals surface area contributed by atoms with Crippen molar-refractivity contribution in [2.75, 3.05) is 0 Å². The highest BCUT2D eigenvalue weighted by atomic mass is 16.5.